The highest BCUT2D eigenvalue weighted by molar-refractivity contribution is 7.71. The van der Waals surface area contributed by atoms with Crippen LogP contribution >= 0.6 is 12.2 Å². The Morgan fingerprint density at radius 1 is 2.00 bits per heavy atom. The Bertz CT molecular complexity index is 214. The van der Waals surface area contributed by atoms with Gasteiger partial charge >= 0.3 is 0 Å². The van der Waals surface area contributed by atoms with Crippen molar-refractivity contribution >= 4 is 12.2 Å². The molecule has 0 amide bonds. The third kappa shape index (κ3) is 0.717. The van der Waals surface area contributed by atoms with Gasteiger partial charge in [-0.15, -0.1) is 0 Å². The molecule has 4 nitrogen and oxygen atoms in total. The Kier molecular flexibility index (Phi) is 1.29. The van der Waals surface area contributed by atoms with Crippen LogP contribution in [0.4, 0.5) is 0 Å². The van der Waals surface area contributed by atoms with Gasteiger partial charge in [0.15, 0.2) is 0 Å². The predicted octanol–water partition coefficient (Wildman–Crippen LogP) is -0.000910. The standard InChI is InChI=1S/C3H5N3OS/c1-7-6-3(8)4-2-5-6/h2H,1H3,(H,4,5,8). The molecule has 5 heteroatoms. The second kappa shape index (κ2) is 1.95. The highest BCUT2D eigenvalue weighted by Gasteiger charge is 1.85. The fourth-order valence-electron chi connectivity index (χ4n) is 0.375. The molecule has 0 bridgehead atoms. The first kappa shape index (κ1) is 5.30. The summed E-state index contributed by atoms with van der Waals surface area (Å²) in [5.74, 6) is 0. The summed E-state index contributed by atoms with van der Waals surface area (Å²) in [5.41, 5.74) is 0. The van der Waals surface area contributed by atoms with E-state index in [9.17, 15) is 0 Å². The van der Waals surface area contributed by atoms with E-state index in [0.29, 0.717) is 4.77 Å². The summed E-state index contributed by atoms with van der Waals surface area (Å²) in [4.78, 5) is 9.65. The minimum absolute atomic E-state index is 0.396. The van der Waals surface area contributed by atoms with Crippen LogP contribution in [0.5, 0.6) is 0 Å². The molecule has 44 valence electrons. The van der Waals surface area contributed by atoms with Crippen molar-refractivity contribution in [3.8, 4) is 0 Å². The Morgan fingerprint density at radius 3 is 3.00 bits per heavy atom. The minimum Gasteiger partial charge on any atom is -0.399 e. The van der Waals surface area contributed by atoms with Crippen molar-refractivity contribution in [3.05, 3.63) is 11.1 Å². The van der Waals surface area contributed by atoms with E-state index in [-0.39, 0.29) is 0 Å². The summed E-state index contributed by atoms with van der Waals surface area (Å²) in [6.07, 6.45) is 1.46. The van der Waals surface area contributed by atoms with Gasteiger partial charge in [-0.1, -0.05) is 4.85 Å². The fourth-order valence-corrected chi connectivity index (χ4v) is 0.555. The quantitative estimate of drug-likeness (QED) is 0.545. The van der Waals surface area contributed by atoms with E-state index in [0.717, 1.165) is 0 Å². The molecule has 0 aliphatic heterocycles. The number of nitrogens with one attached hydrogen (secondary N) is 1. The molecule has 0 fully saturated rings. The summed E-state index contributed by atoms with van der Waals surface area (Å²) in [5, 5.41) is 2.63. The van der Waals surface area contributed by atoms with Crippen molar-refractivity contribution in [2.75, 3.05) is 7.11 Å². The molecule has 0 unspecified atom stereocenters. The largest absolute Gasteiger partial charge is 0.399 e. The zero-order chi connectivity index (χ0) is 5.98. The molecule has 0 spiro atoms. The van der Waals surface area contributed by atoms with Gasteiger partial charge in [0.25, 0.3) is 4.77 Å². The molecule has 0 aromatic carbocycles. The Labute approximate surface area is 51.0 Å². The van der Waals surface area contributed by atoms with Gasteiger partial charge in [0.2, 0.25) is 0 Å². The third-order valence-corrected chi connectivity index (χ3v) is 0.978. The van der Waals surface area contributed by atoms with Gasteiger partial charge in [0.05, 0.1) is 0 Å². The number of hydrogen-bond donors (Lipinski definition) is 1. The van der Waals surface area contributed by atoms with Crippen LogP contribution in [-0.4, -0.2) is 22.0 Å². The van der Waals surface area contributed by atoms with E-state index in [1.165, 1.54) is 18.3 Å². The van der Waals surface area contributed by atoms with Crippen molar-refractivity contribution in [1.82, 2.24) is 14.9 Å². The molecule has 1 N–H and O–H groups in total. The maximum absolute atomic E-state index is 4.68. The summed E-state index contributed by atoms with van der Waals surface area (Å²) in [6.45, 7) is 0. The van der Waals surface area contributed by atoms with Gasteiger partial charge < -0.3 is 4.84 Å². The number of hydrogen-bond acceptors (Lipinski definition) is 3. The summed E-state index contributed by atoms with van der Waals surface area (Å²) >= 11 is 4.68. The van der Waals surface area contributed by atoms with Crippen molar-refractivity contribution in [3.63, 3.8) is 0 Å². The Balaban J connectivity index is 3.11. The van der Waals surface area contributed by atoms with Gasteiger partial charge in [0, 0.05) is 0 Å². The normalized spacial score (nSPS) is 9.12. The van der Waals surface area contributed by atoms with Gasteiger partial charge in [-0.3, -0.25) is 5.10 Å². The number of nitrogens with zero attached hydrogens (tertiary/aromatic N) is 2. The molecule has 8 heavy (non-hydrogen) atoms. The highest BCUT2D eigenvalue weighted by atomic mass is 32.1. The lowest BCUT2D eigenvalue weighted by molar-refractivity contribution is 0.129. The lowest BCUT2D eigenvalue weighted by Crippen LogP contribution is -2.06. The number of H-pyrrole nitrogens is 1. The topological polar surface area (TPSA) is 42.8 Å². The van der Waals surface area contributed by atoms with Crippen LogP contribution in [0.2, 0.25) is 0 Å². The maximum atomic E-state index is 4.68. The molecule has 0 aliphatic carbocycles. The number of rotatable bonds is 1. The monoisotopic (exact) mass is 131 g/mol. The van der Waals surface area contributed by atoms with E-state index in [1.807, 2.05) is 0 Å². The molecule has 0 atom stereocenters. The van der Waals surface area contributed by atoms with Crippen LogP contribution in [0.1, 0.15) is 0 Å². The first-order valence-corrected chi connectivity index (χ1v) is 2.42. The third-order valence-electron chi connectivity index (χ3n) is 0.706. The fraction of sp³-hybridized carbons (Fsp3) is 0.333. The van der Waals surface area contributed by atoms with Crippen molar-refractivity contribution < 1.29 is 4.84 Å². The second-order valence-corrected chi connectivity index (χ2v) is 1.51. The molecular formula is C3H5N3OS. The van der Waals surface area contributed by atoms with E-state index < -0.39 is 0 Å². The Hall–Kier alpha value is -0.840. The summed E-state index contributed by atoms with van der Waals surface area (Å²) in [7, 11) is 1.51. The van der Waals surface area contributed by atoms with Crippen LogP contribution in [0.25, 0.3) is 0 Å². The lowest BCUT2D eigenvalue weighted by Gasteiger charge is -1.92. The zero-order valence-electron chi connectivity index (χ0n) is 4.29. The molecule has 1 aromatic rings. The van der Waals surface area contributed by atoms with Gasteiger partial charge in [-0.05, 0) is 12.2 Å². The average Bonchev–Trinajstić information content (AvgIpc) is 2.14. The second-order valence-electron chi connectivity index (χ2n) is 1.15. The maximum Gasteiger partial charge on any atom is 0.254 e. The van der Waals surface area contributed by atoms with E-state index in [2.05, 4.69) is 27.1 Å². The zero-order valence-corrected chi connectivity index (χ0v) is 5.10. The molecule has 1 aromatic heterocycles. The van der Waals surface area contributed by atoms with Gasteiger partial charge in [0.1, 0.15) is 13.4 Å². The van der Waals surface area contributed by atoms with Crippen LogP contribution in [0.3, 0.4) is 0 Å². The van der Waals surface area contributed by atoms with Crippen LogP contribution in [0, 0.1) is 4.77 Å². The Morgan fingerprint density at radius 2 is 2.75 bits per heavy atom. The summed E-state index contributed by atoms with van der Waals surface area (Å²) in [6, 6.07) is 0. The first-order valence-electron chi connectivity index (χ1n) is 2.01. The first-order chi connectivity index (χ1) is 3.84. The summed E-state index contributed by atoms with van der Waals surface area (Å²) < 4.78 is 0.396. The molecule has 0 radical (unpaired) electrons. The van der Waals surface area contributed by atoms with Crippen LogP contribution in [-0.2, 0) is 0 Å². The molecular weight excluding hydrogens is 126 g/mol. The average molecular weight is 131 g/mol. The van der Waals surface area contributed by atoms with Crippen molar-refractivity contribution in [2.24, 2.45) is 0 Å². The lowest BCUT2D eigenvalue weighted by atomic mass is 11.3. The van der Waals surface area contributed by atoms with Crippen LogP contribution < -0.4 is 4.84 Å². The van der Waals surface area contributed by atoms with E-state index in [1.54, 1.807) is 0 Å². The molecule has 1 heterocycles. The number of aromatic nitrogens is 3. The van der Waals surface area contributed by atoms with Gasteiger partial charge in [-0.2, -0.15) is 0 Å². The molecule has 0 saturated heterocycles. The van der Waals surface area contributed by atoms with Crippen molar-refractivity contribution in [2.45, 2.75) is 0 Å². The van der Waals surface area contributed by atoms with E-state index in [4.69, 9.17) is 0 Å². The van der Waals surface area contributed by atoms with Gasteiger partial charge in [-0.25, -0.2) is 4.98 Å². The van der Waals surface area contributed by atoms with Crippen molar-refractivity contribution in [1.29, 1.82) is 0 Å². The molecule has 1 rings (SSSR count). The smallest absolute Gasteiger partial charge is 0.254 e. The number of aromatic amines is 1. The van der Waals surface area contributed by atoms with Crippen LogP contribution in [0.15, 0.2) is 6.33 Å². The predicted molar refractivity (Wildman–Crippen MR) is 29.9 cm³/mol. The van der Waals surface area contributed by atoms with E-state index >= 15 is 0 Å². The SMILES string of the molecule is COn1[nH]cnc1=S. The molecule has 0 aliphatic rings. The molecule has 0 saturated carbocycles. The minimum atomic E-state index is 0.396. The highest BCUT2D eigenvalue weighted by Crippen LogP contribution is 1.76.